The Hall–Kier alpha value is -3.34. The largest absolute Gasteiger partial charge is 0.507 e. The summed E-state index contributed by atoms with van der Waals surface area (Å²) in [6.07, 6.45) is 2.60. The van der Waals surface area contributed by atoms with Crippen LogP contribution in [-0.2, 0) is 22.0 Å². The van der Waals surface area contributed by atoms with E-state index in [-0.39, 0.29) is 16.7 Å². The van der Waals surface area contributed by atoms with E-state index < -0.39 is 0 Å². The van der Waals surface area contributed by atoms with Gasteiger partial charge in [-0.1, -0.05) is 71.9 Å². The van der Waals surface area contributed by atoms with Gasteiger partial charge in [0.05, 0.1) is 6.21 Å². The molecule has 0 aliphatic carbocycles. The summed E-state index contributed by atoms with van der Waals surface area (Å²) in [4.78, 5) is 12.5. The molecule has 0 bridgehead atoms. The van der Waals surface area contributed by atoms with E-state index in [1.165, 1.54) is 0 Å². The molecule has 3 aromatic rings. The van der Waals surface area contributed by atoms with Gasteiger partial charge in [0.15, 0.2) is 0 Å². The average molecular weight is 474 g/mol. The maximum atomic E-state index is 12.5. The molecular weight excluding hydrogens is 434 g/mol. The van der Waals surface area contributed by atoms with E-state index in [4.69, 9.17) is 0 Å². The van der Waals surface area contributed by atoms with E-state index in [0.29, 0.717) is 18.6 Å². The van der Waals surface area contributed by atoms with E-state index in [9.17, 15) is 9.90 Å². The van der Waals surface area contributed by atoms with Gasteiger partial charge in [-0.2, -0.15) is 5.10 Å². The van der Waals surface area contributed by atoms with Crippen molar-refractivity contribution in [3.63, 3.8) is 0 Å². The molecule has 0 aliphatic rings. The number of phenols is 1. The highest BCUT2D eigenvalue weighted by Crippen LogP contribution is 2.40. The molecule has 5 heteroatoms. The summed E-state index contributed by atoms with van der Waals surface area (Å²) in [6.45, 7) is 16.7. The quantitative estimate of drug-likeness (QED) is 0.318. The minimum atomic E-state index is -0.196. The lowest BCUT2D eigenvalue weighted by Gasteiger charge is -2.28. The maximum absolute atomic E-state index is 12.5. The van der Waals surface area contributed by atoms with Crippen molar-refractivity contribution in [2.75, 3.05) is 0 Å². The van der Waals surface area contributed by atoms with Crippen molar-refractivity contribution >= 4 is 12.1 Å². The van der Waals surface area contributed by atoms with Crippen molar-refractivity contribution in [2.45, 2.75) is 79.1 Å². The van der Waals surface area contributed by atoms with Crippen LogP contribution >= 0.6 is 0 Å². The van der Waals surface area contributed by atoms with E-state index in [1.807, 2.05) is 37.3 Å². The number of para-hydroxylation sites is 1. The van der Waals surface area contributed by atoms with Gasteiger partial charge in [0.25, 0.3) is 0 Å². The summed E-state index contributed by atoms with van der Waals surface area (Å²) < 4.78 is 2.17. The van der Waals surface area contributed by atoms with Crippen LogP contribution in [-0.4, -0.2) is 21.8 Å². The first-order valence-electron chi connectivity index (χ1n) is 12.2. The summed E-state index contributed by atoms with van der Waals surface area (Å²) in [5, 5.41) is 15.1. The first kappa shape index (κ1) is 26.3. The first-order chi connectivity index (χ1) is 16.3. The number of hydrogen-bond acceptors (Lipinski definition) is 3. The second-order valence-corrected chi connectivity index (χ2v) is 11.3. The van der Waals surface area contributed by atoms with Crippen LogP contribution in [0.3, 0.4) is 0 Å². The number of nitrogens with zero attached hydrogens (tertiary/aromatic N) is 2. The SMILES string of the molecule is Cc1cc(/C=N\NC(=O)CCc2cc(C(C)(C)C)c(O)c(C(C)(C)C)c2)c(C)n1-c1ccccc1. The number of hydrazone groups is 1. The number of rotatable bonds is 6. The molecule has 35 heavy (non-hydrogen) atoms. The van der Waals surface area contributed by atoms with Crippen LogP contribution in [0, 0.1) is 13.8 Å². The molecule has 2 N–H and O–H groups in total. The number of carbonyl (C=O) groups excluding carboxylic acids is 1. The molecule has 0 saturated heterocycles. The van der Waals surface area contributed by atoms with Crippen molar-refractivity contribution in [2.24, 2.45) is 5.10 Å². The lowest BCUT2D eigenvalue weighted by atomic mass is 9.78. The Morgan fingerprint density at radius 1 is 0.971 bits per heavy atom. The van der Waals surface area contributed by atoms with Crippen molar-refractivity contribution in [3.8, 4) is 11.4 Å². The Bertz CT molecular complexity index is 1190. The highest BCUT2D eigenvalue weighted by atomic mass is 16.3. The van der Waals surface area contributed by atoms with Crippen molar-refractivity contribution in [3.05, 3.63) is 82.2 Å². The predicted octanol–water partition coefficient (Wildman–Crippen LogP) is 6.48. The zero-order valence-electron chi connectivity index (χ0n) is 22.4. The van der Waals surface area contributed by atoms with Gasteiger partial charge in [-0.3, -0.25) is 4.79 Å². The first-order valence-corrected chi connectivity index (χ1v) is 12.2. The number of hydrogen-bond donors (Lipinski definition) is 2. The van der Waals surface area contributed by atoms with Crippen molar-refractivity contribution < 1.29 is 9.90 Å². The van der Waals surface area contributed by atoms with Gasteiger partial charge >= 0.3 is 0 Å². The molecule has 1 heterocycles. The highest BCUT2D eigenvalue weighted by Gasteiger charge is 2.26. The highest BCUT2D eigenvalue weighted by molar-refractivity contribution is 5.84. The number of amides is 1. The predicted molar refractivity (Wildman–Crippen MR) is 145 cm³/mol. The van der Waals surface area contributed by atoms with Crippen LogP contribution in [0.1, 0.15) is 81.6 Å². The minimum absolute atomic E-state index is 0.138. The minimum Gasteiger partial charge on any atom is -0.507 e. The van der Waals surface area contributed by atoms with Crippen LogP contribution in [0.5, 0.6) is 5.75 Å². The molecule has 2 aromatic carbocycles. The number of nitrogens with one attached hydrogen (secondary N) is 1. The molecule has 0 atom stereocenters. The Balaban J connectivity index is 1.70. The number of carbonyl (C=O) groups is 1. The van der Waals surface area contributed by atoms with Gasteiger partial charge in [0.2, 0.25) is 5.91 Å². The molecule has 1 aromatic heterocycles. The smallest absolute Gasteiger partial charge is 0.240 e. The topological polar surface area (TPSA) is 66.6 Å². The normalized spacial score (nSPS) is 12.3. The Morgan fingerprint density at radius 3 is 2.09 bits per heavy atom. The summed E-state index contributed by atoms with van der Waals surface area (Å²) in [5.41, 5.74) is 9.39. The Labute approximate surface area is 209 Å². The van der Waals surface area contributed by atoms with Crippen molar-refractivity contribution in [1.82, 2.24) is 9.99 Å². The number of aromatic nitrogens is 1. The fourth-order valence-electron chi connectivity index (χ4n) is 4.36. The Morgan fingerprint density at radius 2 is 1.54 bits per heavy atom. The van der Waals surface area contributed by atoms with Crippen LogP contribution in [0.4, 0.5) is 0 Å². The van der Waals surface area contributed by atoms with Gasteiger partial charge in [-0.05, 0) is 66.0 Å². The van der Waals surface area contributed by atoms with E-state index >= 15 is 0 Å². The average Bonchev–Trinajstić information content (AvgIpc) is 3.05. The Kier molecular flexibility index (Phi) is 7.59. The fourth-order valence-corrected chi connectivity index (χ4v) is 4.36. The van der Waals surface area contributed by atoms with Crippen LogP contribution in [0.15, 0.2) is 53.6 Å². The second kappa shape index (κ2) is 10.1. The molecule has 0 saturated carbocycles. The lowest BCUT2D eigenvalue weighted by molar-refractivity contribution is -0.121. The van der Waals surface area contributed by atoms with Gasteiger partial charge in [0.1, 0.15) is 5.75 Å². The summed E-state index contributed by atoms with van der Waals surface area (Å²) >= 11 is 0. The molecule has 0 unspecified atom stereocenters. The van der Waals surface area contributed by atoms with E-state index in [0.717, 1.165) is 39.3 Å². The monoisotopic (exact) mass is 473 g/mol. The molecule has 5 nitrogen and oxygen atoms in total. The molecule has 3 rings (SSSR count). The molecule has 0 fully saturated rings. The molecule has 186 valence electrons. The second-order valence-electron chi connectivity index (χ2n) is 11.3. The number of aromatic hydroxyl groups is 1. The van der Waals surface area contributed by atoms with Gasteiger partial charge in [-0.15, -0.1) is 0 Å². The van der Waals surface area contributed by atoms with Crippen LogP contribution < -0.4 is 5.43 Å². The zero-order chi connectivity index (χ0) is 26.0. The van der Waals surface area contributed by atoms with Crippen LogP contribution in [0.2, 0.25) is 0 Å². The van der Waals surface area contributed by atoms with Crippen LogP contribution in [0.25, 0.3) is 5.69 Å². The fraction of sp³-hybridized carbons (Fsp3) is 0.400. The number of aryl methyl sites for hydroxylation is 2. The summed E-state index contributed by atoms with van der Waals surface area (Å²) in [7, 11) is 0. The zero-order valence-corrected chi connectivity index (χ0v) is 22.4. The third-order valence-electron chi connectivity index (χ3n) is 6.30. The standard InChI is InChI=1S/C30H39N3O2/c1-20-16-23(21(2)33(20)24-12-10-9-11-13-24)19-31-32-27(34)15-14-22-17-25(29(3,4)5)28(35)26(18-22)30(6,7)8/h9-13,16-19,35H,14-15H2,1-8H3,(H,32,34)/b31-19-. The molecule has 0 spiro atoms. The molecule has 0 aliphatic heterocycles. The number of phenolic OH excluding ortho intramolecular Hbond substituents is 1. The van der Waals surface area contributed by atoms with E-state index in [1.54, 1.807) is 6.21 Å². The van der Waals surface area contributed by atoms with Crippen molar-refractivity contribution in [1.29, 1.82) is 0 Å². The van der Waals surface area contributed by atoms with Gasteiger partial charge < -0.3 is 9.67 Å². The molecule has 1 amide bonds. The third-order valence-corrected chi connectivity index (χ3v) is 6.30. The summed E-state index contributed by atoms with van der Waals surface area (Å²) in [5.74, 6) is 0.219. The summed E-state index contributed by atoms with van der Waals surface area (Å²) in [6, 6.07) is 16.3. The maximum Gasteiger partial charge on any atom is 0.240 e. The lowest BCUT2D eigenvalue weighted by Crippen LogP contribution is -2.20. The molecule has 0 radical (unpaired) electrons. The van der Waals surface area contributed by atoms with Gasteiger partial charge in [-0.25, -0.2) is 5.43 Å². The van der Waals surface area contributed by atoms with E-state index in [2.05, 4.69) is 81.8 Å². The molecular formula is C30H39N3O2. The van der Waals surface area contributed by atoms with Gasteiger partial charge in [0, 0.05) is 29.1 Å². The third kappa shape index (κ3) is 6.21. The number of benzene rings is 2.